The monoisotopic (exact) mass is 265 g/mol. The van der Waals surface area contributed by atoms with Crippen molar-refractivity contribution in [3.05, 3.63) is 5.82 Å². The van der Waals surface area contributed by atoms with Crippen LogP contribution in [0, 0.1) is 0 Å². The molecule has 0 unspecified atom stereocenters. The summed E-state index contributed by atoms with van der Waals surface area (Å²) in [6.45, 7) is 0.220. The van der Waals surface area contributed by atoms with Gasteiger partial charge in [-0.05, 0) is 43.2 Å². The van der Waals surface area contributed by atoms with Gasteiger partial charge < -0.3 is 5.11 Å². The van der Waals surface area contributed by atoms with Gasteiger partial charge in [-0.15, -0.1) is 5.10 Å². The van der Waals surface area contributed by atoms with Crippen LogP contribution >= 0.6 is 0 Å². The van der Waals surface area contributed by atoms with Crippen molar-refractivity contribution in [2.45, 2.75) is 63.1 Å². The van der Waals surface area contributed by atoms with Gasteiger partial charge in [0.25, 0.3) is 0 Å². The normalized spacial score (nSPS) is 30.0. The summed E-state index contributed by atoms with van der Waals surface area (Å²) in [5.41, 5.74) is 0. The molecular formula is C13H23N5O. The lowest BCUT2D eigenvalue weighted by Crippen LogP contribution is -2.32. The Morgan fingerprint density at radius 3 is 2.63 bits per heavy atom. The van der Waals surface area contributed by atoms with Gasteiger partial charge in [-0.3, -0.25) is 4.90 Å². The van der Waals surface area contributed by atoms with E-state index in [1.165, 1.54) is 32.1 Å². The Morgan fingerprint density at radius 2 is 1.95 bits per heavy atom. The first-order chi connectivity index (χ1) is 9.31. The summed E-state index contributed by atoms with van der Waals surface area (Å²) < 4.78 is 2.06. The van der Waals surface area contributed by atoms with E-state index in [9.17, 15) is 5.11 Å². The van der Waals surface area contributed by atoms with Crippen molar-refractivity contribution >= 4 is 0 Å². The molecule has 0 spiro atoms. The quantitative estimate of drug-likeness (QED) is 0.892. The number of aliphatic hydroxyl groups is 1. The van der Waals surface area contributed by atoms with E-state index >= 15 is 0 Å². The zero-order valence-corrected chi connectivity index (χ0v) is 11.6. The minimum atomic E-state index is 0.220. The molecule has 0 radical (unpaired) electrons. The van der Waals surface area contributed by atoms with E-state index in [1.54, 1.807) is 0 Å². The van der Waals surface area contributed by atoms with Crippen molar-refractivity contribution in [2.24, 2.45) is 0 Å². The van der Waals surface area contributed by atoms with Crippen molar-refractivity contribution in [2.75, 3.05) is 13.7 Å². The van der Waals surface area contributed by atoms with Gasteiger partial charge in [0.05, 0.1) is 18.7 Å². The van der Waals surface area contributed by atoms with E-state index in [1.807, 2.05) is 0 Å². The number of likely N-dealkylation sites (tertiary alicyclic amines) is 1. The third kappa shape index (κ3) is 2.39. The highest BCUT2D eigenvalue weighted by atomic mass is 16.3. The summed E-state index contributed by atoms with van der Waals surface area (Å²) in [5.74, 6) is 0.991. The van der Waals surface area contributed by atoms with Gasteiger partial charge in [0, 0.05) is 6.04 Å². The van der Waals surface area contributed by atoms with E-state index in [4.69, 9.17) is 0 Å². The maximum absolute atomic E-state index is 9.37. The van der Waals surface area contributed by atoms with Gasteiger partial charge in [0.2, 0.25) is 0 Å². The largest absolute Gasteiger partial charge is 0.395 e. The molecule has 1 saturated heterocycles. The maximum Gasteiger partial charge on any atom is 0.168 e. The van der Waals surface area contributed by atoms with Crippen molar-refractivity contribution in [1.82, 2.24) is 25.1 Å². The molecule has 2 atom stereocenters. The van der Waals surface area contributed by atoms with E-state index in [2.05, 4.69) is 32.2 Å². The Labute approximate surface area is 113 Å². The minimum absolute atomic E-state index is 0.220. The average Bonchev–Trinajstić information content (AvgIpc) is 3.05. The molecule has 1 aromatic rings. The third-order valence-electron chi connectivity index (χ3n) is 4.79. The Kier molecular flexibility index (Phi) is 3.79. The lowest BCUT2D eigenvalue weighted by molar-refractivity contribution is 0.149. The maximum atomic E-state index is 9.37. The Balaban J connectivity index is 1.80. The fourth-order valence-electron chi connectivity index (χ4n) is 3.55. The molecule has 2 heterocycles. The van der Waals surface area contributed by atoms with Crippen molar-refractivity contribution in [1.29, 1.82) is 0 Å². The molecular weight excluding hydrogens is 242 g/mol. The molecule has 1 saturated carbocycles. The van der Waals surface area contributed by atoms with Gasteiger partial charge >= 0.3 is 0 Å². The summed E-state index contributed by atoms with van der Waals surface area (Å²) in [4.78, 5) is 2.23. The lowest BCUT2D eigenvalue weighted by atomic mass is 9.95. The Hall–Kier alpha value is -1.01. The highest BCUT2D eigenvalue weighted by Crippen LogP contribution is 2.36. The summed E-state index contributed by atoms with van der Waals surface area (Å²) in [7, 11) is 2.07. The van der Waals surface area contributed by atoms with Crippen LogP contribution in [0.4, 0.5) is 0 Å². The molecule has 6 heteroatoms. The molecule has 0 amide bonds. The number of likely N-dealkylation sites (N-methyl/N-ethyl adjacent to an activating group) is 1. The van der Waals surface area contributed by atoms with Gasteiger partial charge in [-0.2, -0.15) is 0 Å². The van der Waals surface area contributed by atoms with Crippen LogP contribution < -0.4 is 0 Å². The predicted molar refractivity (Wildman–Crippen MR) is 70.6 cm³/mol. The van der Waals surface area contributed by atoms with Gasteiger partial charge in [-0.1, -0.05) is 19.3 Å². The molecule has 2 fully saturated rings. The molecule has 106 valence electrons. The van der Waals surface area contributed by atoms with Crippen LogP contribution in [0.1, 0.15) is 62.9 Å². The Morgan fingerprint density at radius 1 is 1.16 bits per heavy atom. The number of tetrazole rings is 1. The van der Waals surface area contributed by atoms with Crippen molar-refractivity contribution < 1.29 is 5.11 Å². The second kappa shape index (κ2) is 5.54. The molecule has 0 bridgehead atoms. The van der Waals surface area contributed by atoms with E-state index in [0.29, 0.717) is 6.04 Å². The summed E-state index contributed by atoms with van der Waals surface area (Å²) in [5, 5.41) is 21.8. The zero-order valence-electron chi connectivity index (χ0n) is 11.6. The molecule has 1 aliphatic carbocycles. The lowest BCUT2D eigenvalue weighted by Gasteiger charge is -2.27. The molecule has 1 aliphatic heterocycles. The van der Waals surface area contributed by atoms with E-state index in [0.717, 1.165) is 18.7 Å². The second-order valence-electron chi connectivity index (χ2n) is 5.87. The first-order valence-corrected chi connectivity index (χ1v) is 7.42. The van der Waals surface area contributed by atoms with Crippen molar-refractivity contribution in [3.8, 4) is 0 Å². The Bertz CT molecular complexity index is 415. The highest BCUT2D eigenvalue weighted by molar-refractivity contribution is 5.00. The molecule has 6 nitrogen and oxygen atoms in total. The molecule has 1 N–H and O–H groups in total. The number of hydrogen-bond acceptors (Lipinski definition) is 5. The van der Waals surface area contributed by atoms with Gasteiger partial charge in [0.1, 0.15) is 0 Å². The predicted octanol–water partition coefficient (Wildman–Crippen LogP) is 1.31. The smallest absolute Gasteiger partial charge is 0.168 e. The molecule has 3 rings (SSSR count). The summed E-state index contributed by atoms with van der Waals surface area (Å²) in [6.07, 6.45) is 8.34. The first kappa shape index (κ1) is 13.0. The first-order valence-electron chi connectivity index (χ1n) is 7.42. The van der Waals surface area contributed by atoms with Crippen LogP contribution in [0.3, 0.4) is 0 Å². The standard InChI is InChI=1S/C13H23N5O/c1-17-11(9-19)7-8-12(17)13-14-15-16-18(13)10-5-3-2-4-6-10/h10-12,19H,2-9H2,1H3/t11-,12-/m0/s1. The van der Waals surface area contributed by atoms with Crippen LogP contribution in [0.5, 0.6) is 0 Å². The van der Waals surface area contributed by atoms with Crippen LogP contribution in [-0.4, -0.2) is 49.9 Å². The van der Waals surface area contributed by atoms with Crippen LogP contribution in [-0.2, 0) is 0 Å². The number of rotatable bonds is 3. The van der Waals surface area contributed by atoms with Gasteiger partial charge in [-0.25, -0.2) is 4.68 Å². The molecule has 1 aromatic heterocycles. The molecule has 0 aromatic carbocycles. The van der Waals surface area contributed by atoms with Crippen LogP contribution in [0.15, 0.2) is 0 Å². The highest BCUT2D eigenvalue weighted by Gasteiger charge is 2.35. The third-order valence-corrected chi connectivity index (χ3v) is 4.79. The van der Waals surface area contributed by atoms with Gasteiger partial charge in [0.15, 0.2) is 5.82 Å². The number of nitrogens with zero attached hydrogens (tertiary/aromatic N) is 5. The van der Waals surface area contributed by atoms with Crippen LogP contribution in [0.2, 0.25) is 0 Å². The second-order valence-corrected chi connectivity index (χ2v) is 5.87. The molecule has 19 heavy (non-hydrogen) atoms. The number of hydrogen-bond donors (Lipinski definition) is 1. The summed E-state index contributed by atoms with van der Waals surface area (Å²) in [6, 6.07) is 0.982. The van der Waals surface area contributed by atoms with E-state index < -0.39 is 0 Å². The summed E-state index contributed by atoms with van der Waals surface area (Å²) >= 11 is 0. The zero-order chi connectivity index (χ0) is 13.2. The number of aliphatic hydroxyl groups excluding tert-OH is 1. The topological polar surface area (TPSA) is 67.1 Å². The minimum Gasteiger partial charge on any atom is -0.395 e. The number of aromatic nitrogens is 4. The fraction of sp³-hybridized carbons (Fsp3) is 0.923. The van der Waals surface area contributed by atoms with Crippen LogP contribution in [0.25, 0.3) is 0 Å². The molecule has 2 aliphatic rings. The van der Waals surface area contributed by atoms with E-state index in [-0.39, 0.29) is 18.7 Å². The average molecular weight is 265 g/mol. The fourth-order valence-corrected chi connectivity index (χ4v) is 3.55. The van der Waals surface area contributed by atoms with Crippen molar-refractivity contribution in [3.63, 3.8) is 0 Å². The SMILES string of the molecule is CN1[C@H](CO)CC[C@H]1c1nnnn1C1CCCCC1.